The van der Waals surface area contributed by atoms with Gasteiger partial charge in [0, 0.05) is 16.1 Å². The van der Waals surface area contributed by atoms with Gasteiger partial charge in [0.15, 0.2) is 0 Å². The Labute approximate surface area is 137 Å². The number of aromatic nitrogens is 2. The van der Waals surface area contributed by atoms with Crippen LogP contribution in [0.5, 0.6) is 0 Å². The fourth-order valence-electron chi connectivity index (χ4n) is 2.26. The molecular weight excluding hydrogens is 317 g/mol. The standard InChI is InChI=1S/C17H13ClFN3O/c1-10-15(11-6-8-12(18)9-7-11)21-22-16(10)17(23)20-14-5-3-2-4-13(14)19/h2-9H,1H3,(H,20,23)(H,21,22). The minimum atomic E-state index is -0.490. The van der Waals surface area contributed by atoms with Gasteiger partial charge in [0.25, 0.3) is 5.91 Å². The lowest BCUT2D eigenvalue weighted by Crippen LogP contribution is -2.14. The molecule has 0 aliphatic carbocycles. The van der Waals surface area contributed by atoms with Gasteiger partial charge in [-0.05, 0) is 31.2 Å². The van der Waals surface area contributed by atoms with Crippen molar-refractivity contribution in [2.75, 3.05) is 5.32 Å². The number of hydrogen-bond acceptors (Lipinski definition) is 2. The largest absolute Gasteiger partial charge is 0.318 e. The summed E-state index contributed by atoms with van der Waals surface area (Å²) >= 11 is 5.87. The highest BCUT2D eigenvalue weighted by atomic mass is 35.5. The van der Waals surface area contributed by atoms with E-state index in [1.54, 1.807) is 31.2 Å². The number of carbonyl (C=O) groups is 1. The summed E-state index contributed by atoms with van der Waals surface area (Å²) in [6.45, 7) is 1.78. The van der Waals surface area contributed by atoms with Crippen LogP contribution in [-0.4, -0.2) is 16.1 Å². The highest BCUT2D eigenvalue weighted by Crippen LogP contribution is 2.25. The van der Waals surface area contributed by atoms with Crippen LogP contribution in [0.2, 0.25) is 5.02 Å². The molecule has 0 bridgehead atoms. The molecule has 1 heterocycles. The van der Waals surface area contributed by atoms with Gasteiger partial charge in [-0.1, -0.05) is 35.9 Å². The van der Waals surface area contributed by atoms with Crippen LogP contribution in [0, 0.1) is 12.7 Å². The fourth-order valence-corrected chi connectivity index (χ4v) is 2.38. The van der Waals surface area contributed by atoms with Crippen LogP contribution in [0.25, 0.3) is 11.3 Å². The fraction of sp³-hybridized carbons (Fsp3) is 0.0588. The molecule has 0 saturated carbocycles. The number of halogens is 2. The summed E-state index contributed by atoms with van der Waals surface area (Å²) in [6, 6.07) is 13.2. The Bertz CT molecular complexity index is 859. The first-order valence-electron chi connectivity index (χ1n) is 6.93. The smallest absolute Gasteiger partial charge is 0.274 e. The number of amides is 1. The third kappa shape index (κ3) is 3.10. The second kappa shape index (κ2) is 6.22. The van der Waals surface area contributed by atoms with E-state index in [-0.39, 0.29) is 5.69 Å². The maximum atomic E-state index is 13.6. The normalized spacial score (nSPS) is 10.6. The predicted octanol–water partition coefficient (Wildman–Crippen LogP) is 4.43. The highest BCUT2D eigenvalue weighted by Gasteiger charge is 2.18. The van der Waals surface area contributed by atoms with E-state index in [4.69, 9.17) is 11.6 Å². The topological polar surface area (TPSA) is 57.8 Å². The average molecular weight is 330 g/mol. The van der Waals surface area contributed by atoms with Crippen LogP contribution in [0.4, 0.5) is 10.1 Å². The zero-order valence-corrected chi connectivity index (χ0v) is 13.0. The Hall–Kier alpha value is -2.66. The van der Waals surface area contributed by atoms with Crippen LogP contribution in [-0.2, 0) is 0 Å². The molecule has 0 unspecified atom stereocenters. The van der Waals surface area contributed by atoms with Crippen LogP contribution in [0.15, 0.2) is 48.5 Å². The number of aromatic amines is 1. The molecule has 6 heteroatoms. The summed E-state index contributed by atoms with van der Waals surface area (Å²) in [5, 5.41) is 10.0. The highest BCUT2D eigenvalue weighted by molar-refractivity contribution is 6.30. The maximum absolute atomic E-state index is 13.6. The zero-order valence-electron chi connectivity index (χ0n) is 12.2. The lowest BCUT2D eigenvalue weighted by molar-refractivity contribution is 0.102. The van der Waals surface area contributed by atoms with E-state index in [9.17, 15) is 9.18 Å². The Morgan fingerprint density at radius 2 is 1.87 bits per heavy atom. The Balaban J connectivity index is 1.88. The van der Waals surface area contributed by atoms with E-state index in [1.165, 1.54) is 12.1 Å². The van der Waals surface area contributed by atoms with Crippen molar-refractivity contribution < 1.29 is 9.18 Å². The van der Waals surface area contributed by atoms with Gasteiger partial charge in [0.05, 0.1) is 11.4 Å². The van der Waals surface area contributed by atoms with Gasteiger partial charge in [-0.15, -0.1) is 0 Å². The van der Waals surface area contributed by atoms with Gasteiger partial charge in [0.1, 0.15) is 11.5 Å². The number of nitrogens with one attached hydrogen (secondary N) is 2. The number of rotatable bonds is 3. The van der Waals surface area contributed by atoms with Crippen LogP contribution < -0.4 is 5.32 Å². The molecule has 3 rings (SSSR count). The van der Waals surface area contributed by atoms with E-state index in [0.717, 1.165) is 5.56 Å². The van der Waals surface area contributed by atoms with Crippen LogP contribution in [0.1, 0.15) is 16.1 Å². The van der Waals surface area contributed by atoms with Crippen molar-refractivity contribution in [2.24, 2.45) is 0 Å². The third-order valence-electron chi connectivity index (χ3n) is 3.48. The number of carbonyl (C=O) groups excluding carboxylic acids is 1. The maximum Gasteiger partial charge on any atom is 0.274 e. The minimum absolute atomic E-state index is 0.125. The number of benzene rings is 2. The van der Waals surface area contributed by atoms with Crippen molar-refractivity contribution in [3.8, 4) is 11.3 Å². The molecule has 0 aliphatic heterocycles. The van der Waals surface area contributed by atoms with E-state index < -0.39 is 11.7 Å². The van der Waals surface area contributed by atoms with Crippen molar-refractivity contribution in [2.45, 2.75) is 6.92 Å². The molecule has 0 atom stereocenters. The molecule has 23 heavy (non-hydrogen) atoms. The van der Waals surface area contributed by atoms with Gasteiger partial charge < -0.3 is 5.32 Å². The summed E-state index contributed by atoms with van der Waals surface area (Å²) in [6.07, 6.45) is 0. The predicted molar refractivity (Wildman–Crippen MR) is 88.1 cm³/mol. The SMILES string of the molecule is Cc1c(-c2ccc(Cl)cc2)n[nH]c1C(=O)Nc1ccccc1F. The second-order valence-corrected chi connectivity index (χ2v) is 5.45. The first-order chi connectivity index (χ1) is 11.1. The minimum Gasteiger partial charge on any atom is -0.318 e. The molecule has 0 spiro atoms. The molecular formula is C17H13ClFN3O. The van der Waals surface area contributed by atoms with Gasteiger partial charge in [0.2, 0.25) is 0 Å². The molecule has 0 fully saturated rings. The van der Waals surface area contributed by atoms with Gasteiger partial charge in [-0.3, -0.25) is 9.89 Å². The quantitative estimate of drug-likeness (QED) is 0.746. The molecule has 0 radical (unpaired) electrons. The summed E-state index contributed by atoms with van der Waals surface area (Å²) < 4.78 is 13.6. The van der Waals surface area contributed by atoms with E-state index in [2.05, 4.69) is 15.5 Å². The molecule has 2 N–H and O–H groups in total. The molecule has 116 valence electrons. The van der Waals surface area contributed by atoms with E-state index in [1.807, 2.05) is 12.1 Å². The molecule has 1 amide bonds. The number of anilines is 1. The third-order valence-corrected chi connectivity index (χ3v) is 3.73. The Morgan fingerprint density at radius 1 is 1.17 bits per heavy atom. The van der Waals surface area contributed by atoms with Crippen molar-refractivity contribution in [3.63, 3.8) is 0 Å². The van der Waals surface area contributed by atoms with E-state index in [0.29, 0.717) is 22.0 Å². The Morgan fingerprint density at radius 3 is 2.57 bits per heavy atom. The van der Waals surface area contributed by atoms with Crippen LogP contribution in [0.3, 0.4) is 0 Å². The molecule has 3 aromatic rings. The number of para-hydroxylation sites is 1. The summed E-state index contributed by atoms with van der Waals surface area (Å²) in [7, 11) is 0. The van der Waals surface area contributed by atoms with Crippen molar-refractivity contribution >= 4 is 23.2 Å². The monoisotopic (exact) mass is 329 g/mol. The lowest BCUT2D eigenvalue weighted by Gasteiger charge is -2.05. The van der Waals surface area contributed by atoms with Crippen molar-refractivity contribution in [1.29, 1.82) is 0 Å². The summed E-state index contributed by atoms with van der Waals surface area (Å²) in [4.78, 5) is 12.3. The number of nitrogens with zero attached hydrogens (tertiary/aromatic N) is 1. The van der Waals surface area contributed by atoms with Crippen molar-refractivity contribution in [1.82, 2.24) is 10.2 Å². The lowest BCUT2D eigenvalue weighted by atomic mass is 10.1. The first kappa shape index (κ1) is 15.2. The first-order valence-corrected chi connectivity index (χ1v) is 7.31. The Kier molecular flexibility index (Phi) is 4.12. The number of hydrogen-bond donors (Lipinski definition) is 2. The molecule has 1 aromatic heterocycles. The molecule has 2 aromatic carbocycles. The van der Waals surface area contributed by atoms with Gasteiger partial charge in [-0.2, -0.15) is 5.10 Å². The zero-order chi connectivity index (χ0) is 16.4. The summed E-state index contributed by atoms with van der Waals surface area (Å²) in [5.74, 6) is -0.934. The van der Waals surface area contributed by atoms with E-state index >= 15 is 0 Å². The second-order valence-electron chi connectivity index (χ2n) is 5.01. The molecule has 4 nitrogen and oxygen atoms in total. The van der Waals surface area contributed by atoms with Crippen LogP contribution >= 0.6 is 11.6 Å². The van der Waals surface area contributed by atoms with Gasteiger partial charge in [-0.25, -0.2) is 4.39 Å². The average Bonchev–Trinajstić information content (AvgIpc) is 2.92. The molecule has 0 saturated heterocycles. The molecule has 0 aliphatic rings. The summed E-state index contributed by atoms with van der Waals surface area (Å²) in [5.41, 5.74) is 2.59. The van der Waals surface area contributed by atoms with Crippen molar-refractivity contribution in [3.05, 3.63) is 70.6 Å². The number of H-pyrrole nitrogens is 1. The van der Waals surface area contributed by atoms with Gasteiger partial charge >= 0.3 is 0 Å².